The van der Waals surface area contributed by atoms with Crippen molar-refractivity contribution in [1.82, 2.24) is 0 Å². The van der Waals surface area contributed by atoms with E-state index in [9.17, 15) is 9.90 Å². The summed E-state index contributed by atoms with van der Waals surface area (Å²) >= 11 is 5.81. The Balaban J connectivity index is 2.17. The van der Waals surface area contributed by atoms with Gasteiger partial charge in [0.15, 0.2) is 5.78 Å². The van der Waals surface area contributed by atoms with Gasteiger partial charge in [0, 0.05) is 16.5 Å². The van der Waals surface area contributed by atoms with E-state index in [2.05, 4.69) is 0 Å². The van der Waals surface area contributed by atoms with Gasteiger partial charge in [0.2, 0.25) is 0 Å². The maximum absolute atomic E-state index is 12.2. The highest BCUT2D eigenvalue weighted by Crippen LogP contribution is 2.26. The second kappa shape index (κ2) is 6.00. The van der Waals surface area contributed by atoms with Crippen LogP contribution in [0.4, 0.5) is 0 Å². The van der Waals surface area contributed by atoms with Gasteiger partial charge in [-0.1, -0.05) is 61.0 Å². The molecule has 0 saturated carbocycles. The first-order valence-corrected chi connectivity index (χ1v) is 6.50. The number of hydrogen-bond donors (Lipinski definition) is 1. The summed E-state index contributed by atoms with van der Waals surface area (Å²) in [7, 11) is 0. The SMILES string of the molecule is C[C@H](C(=O)c1ccccc1)[C@@H](O)c1ccc(Cl)cc1. The number of carbonyl (C=O) groups is 1. The van der Waals surface area contributed by atoms with E-state index in [1.165, 1.54) is 0 Å². The summed E-state index contributed by atoms with van der Waals surface area (Å²) in [6.45, 7) is 1.73. The van der Waals surface area contributed by atoms with Gasteiger partial charge < -0.3 is 5.11 Å². The van der Waals surface area contributed by atoms with Crippen molar-refractivity contribution < 1.29 is 9.90 Å². The summed E-state index contributed by atoms with van der Waals surface area (Å²) in [6, 6.07) is 15.9. The van der Waals surface area contributed by atoms with Crippen molar-refractivity contribution in [2.24, 2.45) is 5.92 Å². The lowest BCUT2D eigenvalue weighted by molar-refractivity contribution is 0.0714. The van der Waals surface area contributed by atoms with E-state index < -0.39 is 12.0 Å². The molecule has 2 rings (SSSR count). The number of ketones is 1. The molecule has 0 bridgehead atoms. The second-order valence-electron chi connectivity index (χ2n) is 4.52. The second-order valence-corrected chi connectivity index (χ2v) is 4.95. The van der Waals surface area contributed by atoms with Crippen molar-refractivity contribution in [3.63, 3.8) is 0 Å². The summed E-state index contributed by atoms with van der Waals surface area (Å²) in [5.41, 5.74) is 1.31. The van der Waals surface area contributed by atoms with Gasteiger partial charge in [-0.2, -0.15) is 0 Å². The van der Waals surface area contributed by atoms with Crippen LogP contribution in [-0.2, 0) is 0 Å². The van der Waals surface area contributed by atoms with Crippen LogP contribution in [0.5, 0.6) is 0 Å². The third-order valence-corrected chi connectivity index (χ3v) is 3.41. The van der Waals surface area contributed by atoms with Crippen LogP contribution in [0.3, 0.4) is 0 Å². The molecule has 0 aliphatic heterocycles. The maximum atomic E-state index is 12.2. The van der Waals surface area contributed by atoms with Crippen molar-refractivity contribution >= 4 is 17.4 Å². The standard InChI is InChI=1S/C16H15ClO2/c1-11(15(18)12-5-3-2-4-6-12)16(19)13-7-9-14(17)10-8-13/h2-11,16,19H,1H3/t11-,16-/m1/s1. The first kappa shape index (κ1) is 13.8. The van der Waals surface area contributed by atoms with Crippen LogP contribution in [-0.4, -0.2) is 10.9 Å². The van der Waals surface area contributed by atoms with E-state index in [1.54, 1.807) is 43.3 Å². The molecule has 0 unspecified atom stereocenters. The first-order chi connectivity index (χ1) is 9.09. The summed E-state index contributed by atoms with van der Waals surface area (Å²) in [6.07, 6.45) is -0.829. The maximum Gasteiger partial charge on any atom is 0.168 e. The fourth-order valence-electron chi connectivity index (χ4n) is 1.96. The van der Waals surface area contributed by atoms with Gasteiger partial charge in [-0.3, -0.25) is 4.79 Å². The first-order valence-electron chi connectivity index (χ1n) is 6.12. The molecule has 19 heavy (non-hydrogen) atoms. The predicted molar refractivity (Wildman–Crippen MR) is 76.3 cm³/mol. The Morgan fingerprint density at radius 2 is 1.63 bits per heavy atom. The molecule has 0 aliphatic rings. The molecule has 0 saturated heterocycles. The number of benzene rings is 2. The molecule has 0 aromatic heterocycles. The van der Waals surface area contributed by atoms with Gasteiger partial charge in [0.05, 0.1) is 6.10 Å². The Morgan fingerprint density at radius 1 is 1.05 bits per heavy atom. The van der Waals surface area contributed by atoms with Crippen LogP contribution in [0, 0.1) is 5.92 Å². The van der Waals surface area contributed by atoms with E-state index in [4.69, 9.17) is 11.6 Å². The quantitative estimate of drug-likeness (QED) is 0.859. The van der Waals surface area contributed by atoms with Crippen LogP contribution in [0.15, 0.2) is 54.6 Å². The molecule has 2 aromatic rings. The minimum atomic E-state index is -0.829. The number of aliphatic hydroxyl groups excluding tert-OH is 1. The van der Waals surface area contributed by atoms with Crippen molar-refractivity contribution in [2.45, 2.75) is 13.0 Å². The van der Waals surface area contributed by atoms with Gasteiger partial charge >= 0.3 is 0 Å². The van der Waals surface area contributed by atoms with Crippen LogP contribution in [0.2, 0.25) is 5.02 Å². The number of carbonyl (C=O) groups excluding carboxylic acids is 1. The van der Waals surface area contributed by atoms with Gasteiger partial charge in [0.25, 0.3) is 0 Å². The molecule has 2 atom stereocenters. The van der Waals surface area contributed by atoms with E-state index in [0.29, 0.717) is 16.1 Å². The highest BCUT2D eigenvalue weighted by atomic mass is 35.5. The van der Waals surface area contributed by atoms with E-state index in [-0.39, 0.29) is 5.78 Å². The molecular weight excluding hydrogens is 260 g/mol. The average Bonchev–Trinajstić information content (AvgIpc) is 2.46. The minimum Gasteiger partial charge on any atom is -0.388 e. The molecule has 0 radical (unpaired) electrons. The Kier molecular flexibility index (Phi) is 4.35. The topological polar surface area (TPSA) is 37.3 Å². The third-order valence-electron chi connectivity index (χ3n) is 3.16. The van der Waals surface area contributed by atoms with Gasteiger partial charge in [-0.25, -0.2) is 0 Å². The minimum absolute atomic E-state index is 0.0666. The summed E-state index contributed by atoms with van der Waals surface area (Å²) in [4.78, 5) is 12.2. The molecular formula is C16H15ClO2. The molecule has 1 N–H and O–H groups in total. The van der Waals surface area contributed by atoms with Crippen molar-refractivity contribution in [3.05, 3.63) is 70.7 Å². The monoisotopic (exact) mass is 274 g/mol. The zero-order valence-electron chi connectivity index (χ0n) is 10.6. The Bertz CT molecular complexity index is 549. The molecule has 0 amide bonds. The fourth-order valence-corrected chi connectivity index (χ4v) is 2.08. The van der Waals surface area contributed by atoms with Crippen molar-refractivity contribution in [3.8, 4) is 0 Å². The molecule has 98 valence electrons. The molecule has 0 fully saturated rings. The van der Waals surface area contributed by atoms with Crippen LogP contribution < -0.4 is 0 Å². The molecule has 0 spiro atoms. The lowest BCUT2D eigenvalue weighted by Gasteiger charge is -2.18. The lowest BCUT2D eigenvalue weighted by Crippen LogP contribution is -2.19. The van der Waals surface area contributed by atoms with Crippen LogP contribution in [0.25, 0.3) is 0 Å². The third kappa shape index (κ3) is 3.22. The Hall–Kier alpha value is -1.64. The Labute approximate surface area is 117 Å². The van der Waals surface area contributed by atoms with Gasteiger partial charge in [-0.05, 0) is 17.7 Å². The van der Waals surface area contributed by atoms with E-state index in [1.807, 2.05) is 18.2 Å². The highest BCUT2D eigenvalue weighted by Gasteiger charge is 2.24. The van der Waals surface area contributed by atoms with E-state index in [0.717, 1.165) is 0 Å². The number of hydrogen-bond acceptors (Lipinski definition) is 2. The van der Waals surface area contributed by atoms with Crippen LogP contribution in [0.1, 0.15) is 28.9 Å². The summed E-state index contributed by atoms with van der Waals surface area (Å²) in [5, 5.41) is 10.9. The van der Waals surface area contributed by atoms with Crippen molar-refractivity contribution in [1.29, 1.82) is 0 Å². The molecule has 0 aliphatic carbocycles. The molecule has 3 heteroatoms. The predicted octanol–water partition coefficient (Wildman–Crippen LogP) is 3.89. The lowest BCUT2D eigenvalue weighted by atomic mass is 9.90. The molecule has 2 nitrogen and oxygen atoms in total. The van der Waals surface area contributed by atoms with Crippen molar-refractivity contribution in [2.75, 3.05) is 0 Å². The van der Waals surface area contributed by atoms with Gasteiger partial charge in [-0.15, -0.1) is 0 Å². The van der Waals surface area contributed by atoms with Crippen LogP contribution >= 0.6 is 11.6 Å². The van der Waals surface area contributed by atoms with Gasteiger partial charge in [0.1, 0.15) is 0 Å². The largest absolute Gasteiger partial charge is 0.388 e. The number of Topliss-reactive ketones (excluding diaryl/α,β-unsaturated/α-hetero) is 1. The summed E-state index contributed by atoms with van der Waals surface area (Å²) in [5.74, 6) is -0.563. The van der Waals surface area contributed by atoms with E-state index >= 15 is 0 Å². The number of aliphatic hydroxyl groups is 1. The smallest absolute Gasteiger partial charge is 0.168 e. The number of halogens is 1. The highest BCUT2D eigenvalue weighted by molar-refractivity contribution is 6.30. The fraction of sp³-hybridized carbons (Fsp3) is 0.188. The zero-order valence-corrected chi connectivity index (χ0v) is 11.3. The summed E-state index contributed by atoms with van der Waals surface area (Å²) < 4.78 is 0. The normalized spacial score (nSPS) is 13.8. The molecule has 0 heterocycles. The average molecular weight is 275 g/mol. The Morgan fingerprint density at radius 3 is 2.21 bits per heavy atom. The zero-order chi connectivity index (χ0) is 13.8. The number of rotatable bonds is 4. The molecule has 2 aromatic carbocycles.